The second-order valence-electron chi connectivity index (χ2n) is 3.13. The van der Waals surface area contributed by atoms with Gasteiger partial charge in [-0.1, -0.05) is 15.9 Å². The molecular weight excluding hydrogens is 421 g/mol. The van der Waals surface area contributed by atoms with Crippen molar-refractivity contribution in [2.24, 2.45) is 0 Å². The fourth-order valence-corrected chi connectivity index (χ4v) is 2.84. The molecule has 5 nitrogen and oxygen atoms in total. The van der Waals surface area contributed by atoms with Gasteiger partial charge in [-0.2, -0.15) is 21.0 Å². The van der Waals surface area contributed by atoms with Crippen LogP contribution in [-0.2, 0) is 0 Å². The fraction of sp³-hybridized carbons (Fsp3) is 0. The predicted molar refractivity (Wildman–Crippen MR) is 79.1 cm³/mol. The quantitative estimate of drug-likeness (QED) is 0.580. The molecule has 0 saturated carbocycles. The van der Waals surface area contributed by atoms with Crippen LogP contribution in [0.3, 0.4) is 0 Å². The molecule has 7 heteroatoms. The molecule has 0 aliphatic heterocycles. The zero-order valence-electron chi connectivity index (χ0n) is 9.20. The third kappa shape index (κ3) is 3.45. The van der Waals surface area contributed by atoms with E-state index in [4.69, 9.17) is 21.0 Å². The average molecular weight is 424 g/mol. The summed E-state index contributed by atoms with van der Waals surface area (Å²) in [6.45, 7) is 0. The number of nitrogens with one attached hydrogen (secondary N) is 1. The van der Waals surface area contributed by atoms with Crippen molar-refractivity contribution in [3.8, 4) is 24.3 Å². The minimum atomic E-state index is -0.329. The summed E-state index contributed by atoms with van der Waals surface area (Å²) in [6, 6.07) is 10.3. The number of benzene rings is 1. The molecule has 1 aromatic carbocycles. The van der Waals surface area contributed by atoms with Crippen molar-refractivity contribution in [2.45, 2.75) is 0 Å². The molecule has 0 bridgehead atoms. The Morgan fingerprint density at radius 2 is 1.74 bits per heavy atom. The summed E-state index contributed by atoms with van der Waals surface area (Å²) in [4.78, 5) is 0. The Bertz CT molecular complexity index is 709. The predicted octanol–water partition coefficient (Wildman–Crippen LogP) is 3.16. The lowest BCUT2D eigenvalue weighted by atomic mass is 10.1. The van der Waals surface area contributed by atoms with Gasteiger partial charge in [-0.15, -0.1) is 0 Å². The van der Waals surface area contributed by atoms with Gasteiger partial charge in [0.1, 0.15) is 30.0 Å². The van der Waals surface area contributed by atoms with Gasteiger partial charge in [-0.25, -0.2) is 0 Å². The lowest BCUT2D eigenvalue weighted by molar-refractivity contribution is 1.35. The van der Waals surface area contributed by atoms with Crippen LogP contribution in [0.2, 0.25) is 0 Å². The van der Waals surface area contributed by atoms with Gasteiger partial charge in [0.25, 0.3) is 0 Å². The number of halogens is 2. The van der Waals surface area contributed by atoms with E-state index in [-0.39, 0.29) is 11.3 Å². The van der Waals surface area contributed by atoms with E-state index < -0.39 is 0 Å². The Morgan fingerprint density at radius 1 is 1.11 bits per heavy atom. The highest BCUT2D eigenvalue weighted by atomic mass is 127. The Morgan fingerprint density at radius 3 is 2.21 bits per heavy atom. The summed E-state index contributed by atoms with van der Waals surface area (Å²) in [5.41, 5.74) is 0.194. The molecular formula is C12H3BrIN5. The van der Waals surface area contributed by atoms with Gasteiger partial charge in [0.15, 0.2) is 5.57 Å². The molecule has 0 unspecified atom stereocenters. The molecule has 0 heterocycles. The summed E-state index contributed by atoms with van der Waals surface area (Å²) in [7, 11) is 0. The largest absolute Gasteiger partial charge is 0.343 e. The number of anilines is 1. The van der Waals surface area contributed by atoms with E-state index in [0.29, 0.717) is 14.8 Å². The molecule has 0 aliphatic carbocycles. The van der Waals surface area contributed by atoms with E-state index >= 15 is 0 Å². The topological polar surface area (TPSA) is 107 Å². The first kappa shape index (κ1) is 15.0. The minimum absolute atomic E-state index is 0.179. The van der Waals surface area contributed by atoms with Crippen molar-refractivity contribution in [2.75, 3.05) is 5.32 Å². The number of allylic oxidation sites excluding steroid dienone is 2. The summed E-state index contributed by atoms with van der Waals surface area (Å²) in [5.74, 6) is 0. The van der Waals surface area contributed by atoms with Crippen LogP contribution in [0.4, 0.5) is 5.69 Å². The standard InChI is InChI=1S/C12H3BrIN5/c13-9-1-7(3-15)12(10(14)2-9)19-11(6-18)8(4-16)5-17/h1-2,19H. The Kier molecular flexibility index (Phi) is 5.33. The molecule has 90 valence electrons. The van der Waals surface area contributed by atoms with Crippen LogP contribution in [0, 0.1) is 48.9 Å². The van der Waals surface area contributed by atoms with Gasteiger partial charge in [0.05, 0.1) is 11.3 Å². The molecule has 0 amide bonds. The van der Waals surface area contributed by atoms with Gasteiger partial charge < -0.3 is 5.32 Å². The molecule has 1 aromatic rings. The van der Waals surface area contributed by atoms with Crippen LogP contribution in [0.15, 0.2) is 27.9 Å². The van der Waals surface area contributed by atoms with Crippen molar-refractivity contribution in [3.63, 3.8) is 0 Å². The first-order chi connectivity index (χ1) is 9.07. The van der Waals surface area contributed by atoms with Crippen LogP contribution < -0.4 is 5.32 Å². The smallest absolute Gasteiger partial charge is 0.163 e. The lowest BCUT2D eigenvalue weighted by Gasteiger charge is -2.09. The Balaban J connectivity index is 3.41. The highest BCUT2D eigenvalue weighted by molar-refractivity contribution is 14.1. The number of hydrogen-bond acceptors (Lipinski definition) is 5. The monoisotopic (exact) mass is 423 g/mol. The third-order valence-corrected chi connectivity index (χ3v) is 3.32. The SMILES string of the molecule is N#CC(C#N)=C(C#N)Nc1c(I)cc(Br)cc1C#N. The van der Waals surface area contributed by atoms with Crippen LogP contribution in [-0.4, -0.2) is 0 Å². The molecule has 19 heavy (non-hydrogen) atoms. The first-order valence-electron chi connectivity index (χ1n) is 4.68. The Labute approximate surface area is 131 Å². The van der Waals surface area contributed by atoms with Crippen molar-refractivity contribution in [1.82, 2.24) is 0 Å². The fourth-order valence-electron chi connectivity index (χ4n) is 1.20. The van der Waals surface area contributed by atoms with Crippen molar-refractivity contribution in [1.29, 1.82) is 21.0 Å². The number of rotatable bonds is 2. The van der Waals surface area contributed by atoms with Crippen molar-refractivity contribution < 1.29 is 0 Å². The first-order valence-corrected chi connectivity index (χ1v) is 6.55. The van der Waals surface area contributed by atoms with Crippen molar-refractivity contribution >= 4 is 44.2 Å². The van der Waals surface area contributed by atoms with Crippen LogP contribution >= 0.6 is 38.5 Å². The second-order valence-corrected chi connectivity index (χ2v) is 5.21. The number of hydrogen-bond donors (Lipinski definition) is 1. The van der Waals surface area contributed by atoms with E-state index in [1.54, 1.807) is 30.3 Å². The van der Waals surface area contributed by atoms with E-state index in [1.165, 1.54) is 0 Å². The molecule has 0 saturated heterocycles. The zero-order chi connectivity index (χ0) is 14.4. The number of nitriles is 4. The molecule has 0 aliphatic rings. The molecule has 1 N–H and O–H groups in total. The van der Waals surface area contributed by atoms with E-state index in [0.717, 1.165) is 4.47 Å². The van der Waals surface area contributed by atoms with E-state index in [9.17, 15) is 0 Å². The highest BCUT2D eigenvalue weighted by Gasteiger charge is 2.13. The normalized spacial score (nSPS) is 8.32. The highest BCUT2D eigenvalue weighted by Crippen LogP contribution is 2.28. The minimum Gasteiger partial charge on any atom is -0.343 e. The molecule has 0 fully saturated rings. The van der Waals surface area contributed by atoms with E-state index in [1.807, 2.05) is 28.7 Å². The van der Waals surface area contributed by atoms with Gasteiger partial charge in [-0.3, -0.25) is 0 Å². The molecule has 0 atom stereocenters. The van der Waals surface area contributed by atoms with Crippen LogP contribution in [0.1, 0.15) is 5.56 Å². The zero-order valence-corrected chi connectivity index (χ0v) is 12.9. The summed E-state index contributed by atoms with van der Waals surface area (Å²) in [5, 5.41) is 38.2. The van der Waals surface area contributed by atoms with E-state index in [2.05, 4.69) is 21.2 Å². The average Bonchev–Trinajstić information content (AvgIpc) is 2.40. The molecule has 0 radical (unpaired) electrons. The maximum Gasteiger partial charge on any atom is 0.163 e. The lowest BCUT2D eigenvalue weighted by Crippen LogP contribution is -2.04. The second kappa shape index (κ2) is 6.75. The van der Waals surface area contributed by atoms with Gasteiger partial charge in [0, 0.05) is 8.04 Å². The van der Waals surface area contributed by atoms with Gasteiger partial charge >= 0.3 is 0 Å². The maximum absolute atomic E-state index is 9.06. The summed E-state index contributed by atoms with van der Waals surface area (Å²) < 4.78 is 1.41. The van der Waals surface area contributed by atoms with Gasteiger partial charge in [-0.05, 0) is 34.7 Å². The third-order valence-electron chi connectivity index (χ3n) is 2.01. The molecule has 1 rings (SSSR count). The van der Waals surface area contributed by atoms with Crippen LogP contribution in [0.25, 0.3) is 0 Å². The summed E-state index contributed by atoms with van der Waals surface area (Å²) in [6.07, 6.45) is 0. The van der Waals surface area contributed by atoms with Crippen molar-refractivity contribution in [3.05, 3.63) is 37.0 Å². The molecule has 0 spiro atoms. The van der Waals surface area contributed by atoms with Gasteiger partial charge in [0.2, 0.25) is 0 Å². The Hall–Kier alpha value is -2.07. The summed E-state index contributed by atoms with van der Waals surface area (Å²) >= 11 is 5.25. The van der Waals surface area contributed by atoms with Crippen LogP contribution in [0.5, 0.6) is 0 Å². The molecule has 0 aromatic heterocycles. The maximum atomic E-state index is 9.06. The number of nitrogens with zero attached hydrogens (tertiary/aromatic N) is 4.